The van der Waals surface area contributed by atoms with E-state index in [9.17, 15) is 4.79 Å². The van der Waals surface area contributed by atoms with Crippen LogP contribution < -0.4 is 5.43 Å². The van der Waals surface area contributed by atoms with Gasteiger partial charge in [0, 0.05) is 10.6 Å². The number of hydrogen-bond donors (Lipinski definition) is 1. The van der Waals surface area contributed by atoms with Gasteiger partial charge in [0.05, 0.1) is 12.6 Å². The van der Waals surface area contributed by atoms with Crippen LogP contribution in [0.1, 0.15) is 11.1 Å². The third-order valence-corrected chi connectivity index (χ3v) is 3.87. The van der Waals surface area contributed by atoms with Crippen LogP contribution in [0.4, 0.5) is 0 Å². The van der Waals surface area contributed by atoms with Gasteiger partial charge >= 0.3 is 0 Å². The molecule has 3 aromatic rings. The topological polar surface area (TPSA) is 41.5 Å². The Morgan fingerprint density at radius 2 is 1.74 bits per heavy atom. The molecule has 0 saturated heterocycles. The number of hydrogen-bond acceptors (Lipinski definition) is 2. The van der Waals surface area contributed by atoms with Crippen LogP contribution in [0.3, 0.4) is 0 Å². The summed E-state index contributed by atoms with van der Waals surface area (Å²) in [5.74, 6) is -0.162. The van der Waals surface area contributed by atoms with E-state index < -0.39 is 0 Å². The Bertz CT molecular complexity index is 869. The number of amides is 1. The van der Waals surface area contributed by atoms with Gasteiger partial charge < -0.3 is 0 Å². The monoisotopic (exact) mass is 322 g/mol. The second-order valence-corrected chi connectivity index (χ2v) is 5.54. The van der Waals surface area contributed by atoms with Crippen molar-refractivity contribution in [1.29, 1.82) is 0 Å². The zero-order valence-corrected chi connectivity index (χ0v) is 13.1. The predicted octanol–water partition coefficient (Wildman–Crippen LogP) is 4.19. The highest BCUT2D eigenvalue weighted by atomic mass is 35.5. The minimum atomic E-state index is -0.162. The van der Waals surface area contributed by atoms with E-state index in [-0.39, 0.29) is 12.3 Å². The quantitative estimate of drug-likeness (QED) is 0.568. The van der Waals surface area contributed by atoms with Gasteiger partial charge in [-0.05, 0) is 22.4 Å². The maximum atomic E-state index is 12.1. The molecular weight excluding hydrogens is 308 g/mol. The van der Waals surface area contributed by atoms with Crippen molar-refractivity contribution in [1.82, 2.24) is 5.43 Å². The van der Waals surface area contributed by atoms with Gasteiger partial charge in [0.15, 0.2) is 0 Å². The lowest BCUT2D eigenvalue weighted by atomic mass is 10.0. The summed E-state index contributed by atoms with van der Waals surface area (Å²) in [6.45, 7) is 0. The molecule has 3 aromatic carbocycles. The number of nitrogens with one attached hydrogen (secondary N) is 1. The molecule has 0 unspecified atom stereocenters. The molecule has 1 N–H and O–H groups in total. The first-order valence-electron chi connectivity index (χ1n) is 7.27. The fraction of sp³-hybridized carbons (Fsp3) is 0.0526. The molecule has 0 radical (unpaired) electrons. The van der Waals surface area contributed by atoms with Crippen LogP contribution in [-0.2, 0) is 11.2 Å². The molecule has 0 atom stereocenters. The largest absolute Gasteiger partial charge is 0.273 e. The van der Waals surface area contributed by atoms with Gasteiger partial charge in [0.2, 0.25) is 5.91 Å². The number of halogens is 1. The van der Waals surface area contributed by atoms with Gasteiger partial charge in [0.25, 0.3) is 0 Å². The molecular formula is C19H15ClN2O. The van der Waals surface area contributed by atoms with Crippen molar-refractivity contribution in [2.24, 2.45) is 5.10 Å². The number of nitrogens with zero attached hydrogens (tertiary/aromatic N) is 1. The van der Waals surface area contributed by atoms with E-state index in [2.05, 4.69) is 10.5 Å². The molecule has 23 heavy (non-hydrogen) atoms. The van der Waals surface area contributed by atoms with Crippen LogP contribution in [0.2, 0.25) is 5.02 Å². The minimum absolute atomic E-state index is 0.162. The second-order valence-electron chi connectivity index (χ2n) is 5.13. The Hall–Kier alpha value is -2.65. The number of carbonyl (C=O) groups excluding carboxylic acids is 1. The molecule has 3 rings (SSSR count). The summed E-state index contributed by atoms with van der Waals surface area (Å²) in [5.41, 5.74) is 4.29. The summed E-state index contributed by atoms with van der Waals surface area (Å²) < 4.78 is 0. The summed E-state index contributed by atoms with van der Waals surface area (Å²) in [7, 11) is 0. The third kappa shape index (κ3) is 3.76. The van der Waals surface area contributed by atoms with Crippen molar-refractivity contribution in [2.45, 2.75) is 6.42 Å². The Labute approximate surface area is 139 Å². The number of hydrazone groups is 1. The molecule has 0 saturated carbocycles. The molecule has 0 bridgehead atoms. The summed E-state index contributed by atoms with van der Waals surface area (Å²) in [5, 5.41) is 6.77. The minimum Gasteiger partial charge on any atom is -0.273 e. The molecule has 114 valence electrons. The fourth-order valence-electron chi connectivity index (χ4n) is 2.41. The Morgan fingerprint density at radius 3 is 2.61 bits per heavy atom. The van der Waals surface area contributed by atoms with E-state index in [1.165, 1.54) is 0 Å². The Morgan fingerprint density at radius 1 is 1.00 bits per heavy atom. The van der Waals surface area contributed by atoms with E-state index in [0.29, 0.717) is 5.02 Å². The van der Waals surface area contributed by atoms with Crippen molar-refractivity contribution >= 4 is 34.5 Å². The first-order chi connectivity index (χ1) is 11.2. The van der Waals surface area contributed by atoms with Gasteiger partial charge in [-0.2, -0.15) is 5.10 Å². The van der Waals surface area contributed by atoms with Gasteiger partial charge in [-0.25, -0.2) is 5.43 Å². The van der Waals surface area contributed by atoms with Crippen molar-refractivity contribution in [3.8, 4) is 0 Å². The summed E-state index contributed by atoms with van der Waals surface area (Å²) in [6.07, 6.45) is 1.82. The molecule has 0 fully saturated rings. The number of carbonyl (C=O) groups is 1. The zero-order chi connectivity index (χ0) is 16.1. The average molecular weight is 323 g/mol. The maximum absolute atomic E-state index is 12.1. The lowest BCUT2D eigenvalue weighted by Crippen LogP contribution is -2.19. The summed E-state index contributed by atoms with van der Waals surface area (Å²) in [4.78, 5) is 12.1. The van der Waals surface area contributed by atoms with Crippen LogP contribution in [0.25, 0.3) is 10.8 Å². The average Bonchev–Trinajstić information content (AvgIpc) is 2.57. The molecule has 0 aliphatic carbocycles. The lowest BCUT2D eigenvalue weighted by molar-refractivity contribution is -0.120. The molecule has 4 heteroatoms. The van der Waals surface area contributed by atoms with Crippen LogP contribution >= 0.6 is 11.6 Å². The van der Waals surface area contributed by atoms with Crippen LogP contribution in [-0.4, -0.2) is 12.1 Å². The van der Waals surface area contributed by atoms with E-state index in [1.807, 2.05) is 60.7 Å². The van der Waals surface area contributed by atoms with Crippen molar-refractivity contribution in [2.75, 3.05) is 0 Å². The second kappa shape index (κ2) is 7.07. The number of benzene rings is 3. The molecule has 3 nitrogen and oxygen atoms in total. The number of fused-ring (bicyclic) bond motifs is 1. The molecule has 0 heterocycles. The SMILES string of the molecule is O=C(Cc1cccc2ccccc12)N/N=C/c1ccccc1Cl. The standard InChI is InChI=1S/C19H15ClN2O/c20-18-11-4-2-7-16(18)13-21-22-19(23)12-15-9-5-8-14-6-1-3-10-17(14)15/h1-11,13H,12H2,(H,22,23)/b21-13+. The molecule has 0 aliphatic rings. The fourth-order valence-corrected chi connectivity index (χ4v) is 2.60. The third-order valence-electron chi connectivity index (χ3n) is 3.53. The smallest absolute Gasteiger partial charge is 0.244 e. The molecule has 0 aromatic heterocycles. The molecule has 0 aliphatic heterocycles. The van der Waals surface area contributed by atoms with Crippen molar-refractivity contribution < 1.29 is 4.79 Å². The van der Waals surface area contributed by atoms with Gasteiger partial charge in [0.1, 0.15) is 0 Å². The predicted molar refractivity (Wildman–Crippen MR) is 94.8 cm³/mol. The van der Waals surface area contributed by atoms with Crippen molar-refractivity contribution in [3.05, 3.63) is 82.9 Å². The Balaban J connectivity index is 1.69. The highest BCUT2D eigenvalue weighted by Crippen LogP contribution is 2.18. The van der Waals surface area contributed by atoms with Gasteiger partial charge in [-0.3, -0.25) is 4.79 Å². The molecule has 0 spiro atoms. The lowest BCUT2D eigenvalue weighted by Gasteiger charge is -2.05. The van der Waals surface area contributed by atoms with Gasteiger partial charge in [-0.1, -0.05) is 72.3 Å². The van der Waals surface area contributed by atoms with Crippen molar-refractivity contribution in [3.63, 3.8) is 0 Å². The summed E-state index contributed by atoms with van der Waals surface area (Å²) >= 11 is 6.03. The maximum Gasteiger partial charge on any atom is 0.244 e. The van der Waals surface area contributed by atoms with E-state index >= 15 is 0 Å². The van der Waals surface area contributed by atoms with E-state index in [0.717, 1.165) is 21.9 Å². The first kappa shape index (κ1) is 15.3. The van der Waals surface area contributed by atoms with E-state index in [4.69, 9.17) is 11.6 Å². The first-order valence-corrected chi connectivity index (χ1v) is 7.65. The van der Waals surface area contributed by atoms with E-state index in [1.54, 1.807) is 12.3 Å². The normalized spacial score (nSPS) is 11.0. The zero-order valence-electron chi connectivity index (χ0n) is 12.4. The Kier molecular flexibility index (Phi) is 4.69. The van der Waals surface area contributed by atoms with Gasteiger partial charge in [-0.15, -0.1) is 0 Å². The highest BCUT2D eigenvalue weighted by molar-refractivity contribution is 6.33. The van der Waals surface area contributed by atoms with Crippen LogP contribution in [0.15, 0.2) is 71.8 Å². The highest BCUT2D eigenvalue weighted by Gasteiger charge is 2.06. The van der Waals surface area contributed by atoms with Crippen LogP contribution in [0.5, 0.6) is 0 Å². The number of rotatable bonds is 4. The molecule has 1 amide bonds. The van der Waals surface area contributed by atoms with Crippen LogP contribution in [0, 0.1) is 0 Å². The summed E-state index contributed by atoms with van der Waals surface area (Å²) in [6, 6.07) is 21.3.